The van der Waals surface area contributed by atoms with Gasteiger partial charge >= 0.3 is 0 Å². The average molecular weight is 500 g/mol. The fourth-order valence-electron chi connectivity index (χ4n) is 3.53. The molecule has 1 heterocycles. The van der Waals surface area contributed by atoms with Crippen molar-refractivity contribution in [2.24, 2.45) is 0 Å². The third kappa shape index (κ3) is 6.03. The molecule has 182 valence electrons. The van der Waals surface area contributed by atoms with Crippen LogP contribution in [0.25, 0.3) is 17.1 Å². The number of rotatable bonds is 10. The van der Waals surface area contributed by atoms with Gasteiger partial charge < -0.3 is 14.8 Å². The quantitative estimate of drug-likeness (QED) is 0.302. The smallest absolute Gasteiger partial charge is 0.234 e. The molecule has 0 unspecified atom stereocenters. The first-order valence-electron chi connectivity index (χ1n) is 11.3. The topological polar surface area (TPSA) is 102 Å². The second-order valence-electron chi connectivity index (χ2n) is 7.67. The highest BCUT2D eigenvalue weighted by Gasteiger charge is 2.18. The summed E-state index contributed by atoms with van der Waals surface area (Å²) in [6, 6.07) is 24.6. The molecule has 0 fully saturated rings. The number of hydrogen-bond donors (Lipinski definition) is 1. The normalized spacial score (nSPS) is 10.5. The molecule has 0 aliphatic rings. The Labute approximate surface area is 213 Å². The van der Waals surface area contributed by atoms with Gasteiger partial charge in [0.2, 0.25) is 5.91 Å². The van der Waals surface area contributed by atoms with E-state index < -0.39 is 0 Å². The lowest BCUT2D eigenvalue weighted by molar-refractivity contribution is -0.113. The molecule has 8 nitrogen and oxygen atoms in total. The number of anilines is 1. The molecule has 0 atom stereocenters. The van der Waals surface area contributed by atoms with E-state index >= 15 is 0 Å². The molecular weight excluding hydrogens is 474 g/mol. The third-order valence-corrected chi connectivity index (χ3v) is 6.15. The van der Waals surface area contributed by atoms with Gasteiger partial charge in [0.15, 0.2) is 11.0 Å². The highest BCUT2D eigenvalue weighted by molar-refractivity contribution is 7.99. The second-order valence-corrected chi connectivity index (χ2v) is 8.61. The highest BCUT2D eigenvalue weighted by Crippen LogP contribution is 2.30. The molecule has 9 heteroatoms. The summed E-state index contributed by atoms with van der Waals surface area (Å²) in [6.45, 7) is 2.52. The van der Waals surface area contributed by atoms with Crippen LogP contribution in [-0.2, 0) is 11.2 Å². The minimum absolute atomic E-state index is 0.146. The lowest BCUT2D eigenvalue weighted by Gasteiger charge is -2.12. The summed E-state index contributed by atoms with van der Waals surface area (Å²) in [5.74, 6) is 2.09. The molecule has 4 rings (SSSR count). The van der Waals surface area contributed by atoms with Crippen molar-refractivity contribution in [1.29, 1.82) is 5.26 Å². The zero-order valence-electron chi connectivity index (χ0n) is 20.0. The molecule has 0 aliphatic carbocycles. The van der Waals surface area contributed by atoms with Crippen molar-refractivity contribution in [2.45, 2.75) is 18.5 Å². The minimum atomic E-state index is -0.169. The summed E-state index contributed by atoms with van der Waals surface area (Å²) in [7, 11) is 1.62. The summed E-state index contributed by atoms with van der Waals surface area (Å²) in [4.78, 5) is 12.6. The van der Waals surface area contributed by atoms with Crippen LogP contribution in [0.2, 0.25) is 0 Å². The van der Waals surface area contributed by atoms with Gasteiger partial charge in [-0.1, -0.05) is 36.0 Å². The maximum Gasteiger partial charge on any atom is 0.234 e. The largest absolute Gasteiger partial charge is 0.497 e. The van der Waals surface area contributed by atoms with Crippen LogP contribution >= 0.6 is 11.8 Å². The number of hydrogen-bond acceptors (Lipinski definition) is 7. The Morgan fingerprint density at radius 3 is 2.53 bits per heavy atom. The van der Waals surface area contributed by atoms with E-state index in [9.17, 15) is 4.79 Å². The number of benzene rings is 3. The van der Waals surface area contributed by atoms with Crippen LogP contribution in [0.4, 0.5) is 5.69 Å². The molecule has 36 heavy (non-hydrogen) atoms. The van der Waals surface area contributed by atoms with E-state index in [1.807, 2.05) is 72.2 Å². The van der Waals surface area contributed by atoms with Crippen LogP contribution in [0, 0.1) is 11.3 Å². The Hall–Kier alpha value is -4.29. The van der Waals surface area contributed by atoms with Crippen LogP contribution in [0.5, 0.6) is 11.5 Å². The maximum absolute atomic E-state index is 12.6. The zero-order chi connectivity index (χ0) is 25.3. The van der Waals surface area contributed by atoms with Crippen LogP contribution in [0.1, 0.15) is 12.5 Å². The van der Waals surface area contributed by atoms with Gasteiger partial charge in [-0.25, -0.2) is 0 Å². The van der Waals surface area contributed by atoms with E-state index in [1.54, 1.807) is 19.2 Å². The van der Waals surface area contributed by atoms with Crippen molar-refractivity contribution in [2.75, 3.05) is 24.8 Å². The van der Waals surface area contributed by atoms with Gasteiger partial charge in [0.05, 0.1) is 32.0 Å². The number of ether oxygens (including phenoxy) is 2. The lowest BCUT2D eigenvalue weighted by atomic mass is 10.1. The molecule has 0 aliphatic heterocycles. The number of nitrogens with one attached hydrogen (secondary N) is 1. The Kier molecular flexibility index (Phi) is 8.21. The van der Waals surface area contributed by atoms with E-state index in [-0.39, 0.29) is 11.7 Å². The maximum atomic E-state index is 12.6. The Bertz CT molecular complexity index is 1360. The summed E-state index contributed by atoms with van der Waals surface area (Å²) in [5, 5.41) is 21.1. The molecule has 4 aromatic rings. The molecule has 1 N–H and O–H groups in total. The van der Waals surface area contributed by atoms with Gasteiger partial charge in [-0.15, -0.1) is 10.2 Å². The van der Waals surface area contributed by atoms with Gasteiger partial charge in [0.1, 0.15) is 11.5 Å². The number of amides is 1. The van der Waals surface area contributed by atoms with Crippen molar-refractivity contribution in [1.82, 2.24) is 14.8 Å². The van der Waals surface area contributed by atoms with Crippen molar-refractivity contribution in [3.63, 3.8) is 0 Å². The Morgan fingerprint density at radius 1 is 1.06 bits per heavy atom. The molecule has 0 radical (unpaired) electrons. The van der Waals surface area contributed by atoms with Crippen molar-refractivity contribution in [3.8, 4) is 34.6 Å². The number of nitrogens with zero attached hydrogens (tertiary/aromatic N) is 4. The average Bonchev–Trinajstić information content (AvgIpc) is 3.33. The molecule has 3 aromatic carbocycles. The number of carbonyl (C=O) groups excluding carboxylic acids is 1. The molecule has 0 spiro atoms. The number of nitriles is 1. The highest BCUT2D eigenvalue weighted by atomic mass is 32.2. The molecule has 0 saturated heterocycles. The fraction of sp³-hybridized carbons (Fsp3) is 0.185. The summed E-state index contributed by atoms with van der Waals surface area (Å²) in [6.07, 6.45) is 0.334. The van der Waals surface area contributed by atoms with E-state index in [1.165, 1.54) is 11.8 Å². The Balaban J connectivity index is 1.57. The van der Waals surface area contributed by atoms with Crippen LogP contribution < -0.4 is 14.8 Å². The van der Waals surface area contributed by atoms with Crippen LogP contribution in [0.15, 0.2) is 78.0 Å². The predicted molar refractivity (Wildman–Crippen MR) is 140 cm³/mol. The summed E-state index contributed by atoms with van der Waals surface area (Å²) in [5.41, 5.74) is 3.26. The molecule has 1 aromatic heterocycles. The molecule has 0 bridgehead atoms. The zero-order valence-corrected chi connectivity index (χ0v) is 20.8. The minimum Gasteiger partial charge on any atom is -0.497 e. The summed E-state index contributed by atoms with van der Waals surface area (Å²) < 4.78 is 12.9. The van der Waals surface area contributed by atoms with Gasteiger partial charge in [-0.3, -0.25) is 9.36 Å². The van der Waals surface area contributed by atoms with E-state index in [2.05, 4.69) is 21.6 Å². The van der Waals surface area contributed by atoms with Crippen molar-refractivity contribution >= 4 is 23.4 Å². The van der Waals surface area contributed by atoms with Gasteiger partial charge in [0.25, 0.3) is 0 Å². The van der Waals surface area contributed by atoms with E-state index in [0.717, 1.165) is 22.6 Å². The molecule has 1 amide bonds. The van der Waals surface area contributed by atoms with Crippen molar-refractivity contribution in [3.05, 3.63) is 78.4 Å². The Morgan fingerprint density at radius 2 is 1.83 bits per heavy atom. The first kappa shape index (κ1) is 24.8. The molecular formula is C27H25N5O3S. The number of aromatic nitrogens is 3. The first-order chi connectivity index (χ1) is 17.6. The van der Waals surface area contributed by atoms with E-state index in [0.29, 0.717) is 35.4 Å². The lowest BCUT2D eigenvalue weighted by Crippen LogP contribution is -2.14. The number of methoxy groups -OCH3 is 1. The fourth-order valence-corrected chi connectivity index (χ4v) is 4.28. The van der Waals surface area contributed by atoms with Gasteiger partial charge in [-0.05, 0) is 61.0 Å². The van der Waals surface area contributed by atoms with Crippen LogP contribution in [0.3, 0.4) is 0 Å². The monoisotopic (exact) mass is 499 g/mol. The van der Waals surface area contributed by atoms with Gasteiger partial charge in [0, 0.05) is 16.9 Å². The number of carbonyl (C=O) groups is 1. The predicted octanol–water partition coefficient (Wildman–Crippen LogP) is 5.14. The summed E-state index contributed by atoms with van der Waals surface area (Å²) >= 11 is 1.29. The SMILES string of the molecule is CCOc1ccc(-n2c(SCC(=O)Nc3ccc(CC#N)cc3)nnc2-c2cccc(OC)c2)cc1. The molecule has 0 saturated carbocycles. The first-order valence-corrected chi connectivity index (χ1v) is 12.3. The van der Waals surface area contributed by atoms with Gasteiger partial charge in [-0.2, -0.15) is 5.26 Å². The third-order valence-electron chi connectivity index (χ3n) is 5.22. The van der Waals surface area contributed by atoms with Crippen LogP contribution in [-0.4, -0.2) is 40.1 Å². The number of thioether (sulfide) groups is 1. The standard InChI is InChI=1S/C27H25N5O3S/c1-3-35-23-13-11-22(12-14-23)32-26(20-5-4-6-24(17-20)34-2)30-31-27(32)36-18-25(33)29-21-9-7-19(8-10-21)15-16-28/h4-14,17H,3,15,18H2,1-2H3,(H,29,33). The second kappa shape index (κ2) is 11.9. The van der Waals surface area contributed by atoms with E-state index in [4.69, 9.17) is 14.7 Å². The van der Waals surface area contributed by atoms with Crippen molar-refractivity contribution < 1.29 is 14.3 Å².